The molecule has 2 aromatic rings. The number of furan rings is 1. The van der Waals surface area contributed by atoms with Crippen molar-refractivity contribution in [2.75, 3.05) is 0 Å². The SMILES string of the molecule is Cc1cc(-c2nc(C(=O)O)c(C)o2)co1. The lowest BCUT2D eigenvalue weighted by Crippen LogP contribution is -1.98. The summed E-state index contributed by atoms with van der Waals surface area (Å²) in [6.45, 7) is 3.35. The molecular formula is C10H9NO4. The van der Waals surface area contributed by atoms with Crippen LogP contribution in [0.15, 0.2) is 21.2 Å². The minimum Gasteiger partial charge on any atom is -0.476 e. The lowest BCUT2D eigenvalue weighted by Gasteiger charge is -1.83. The Labute approximate surface area is 85.3 Å². The van der Waals surface area contributed by atoms with Crippen LogP contribution in [0.5, 0.6) is 0 Å². The molecule has 0 aliphatic rings. The number of carboxylic acid groups (broad SMARTS) is 1. The first kappa shape index (κ1) is 9.51. The fraction of sp³-hybridized carbons (Fsp3) is 0.200. The van der Waals surface area contributed by atoms with Gasteiger partial charge in [0.05, 0.1) is 5.56 Å². The van der Waals surface area contributed by atoms with Crippen molar-refractivity contribution in [3.8, 4) is 11.5 Å². The van der Waals surface area contributed by atoms with Crippen LogP contribution in [0.4, 0.5) is 0 Å². The Morgan fingerprint density at radius 3 is 2.67 bits per heavy atom. The molecule has 0 atom stereocenters. The van der Waals surface area contributed by atoms with E-state index < -0.39 is 5.97 Å². The van der Waals surface area contributed by atoms with Crippen molar-refractivity contribution in [3.05, 3.63) is 29.5 Å². The third kappa shape index (κ3) is 1.63. The molecule has 1 N–H and O–H groups in total. The van der Waals surface area contributed by atoms with E-state index in [-0.39, 0.29) is 17.3 Å². The quantitative estimate of drug-likeness (QED) is 0.817. The molecule has 2 aromatic heterocycles. The Hall–Kier alpha value is -2.04. The first-order valence-electron chi connectivity index (χ1n) is 4.34. The Bertz CT molecular complexity index is 509. The second kappa shape index (κ2) is 3.27. The summed E-state index contributed by atoms with van der Waals surface area (Å²) in [5.41, 5.74) is 0.576. The molecule has 0 fully saturated rings. The Balaban J connectivity index is 2.46. The summed E-state index contributed by atoms with van der Waals surface area (Å²) in [7, 11) is 0. The standard InChI is InChI=1S/C10H9NO4/c1-5-3-7(4-14-5)9-11-8(10(12)13)6(2)15-9/h3-4H,1-2H3,(H,12,13). The maximum atomic E-state index is 10.7. The number of carboxylic acids is 1. The number of nitrogens with zero attached hydrogens (tertiary/aromatic N) is 1. The zero-order valence-corrected chi connectivity index (χ0v) is 8.27. The van der Waals surface area contributed by atoms with Gasteiger partial charge in [0.25, 0.3) is 0 Å². The van der Waals surface area contributed by atoms with Crippen LogP contribution in [0.3, 0.4) is 0 Å². The van der Waals surface area contributed by atoms with Crippen molar-refractivity contribution in [2.24, 2.45) is 0 Å². The third-order valence-electron chi connectivity index (χ3n) is 1.98. The number of hydrogen-bond donors (Lipinski definition) is 1. The molecule has 78 valence electrons. The number of oxazole rings is 1. The fourth-order valence-corrected chi connectivity index (χ4v) is 1.27. The molecule has 0 aliphatic carbocycles. The van der Waals surface area contributed by atoms with Crippen LogP contribution in [-0.4, -0.2) is 16.1 Å². The van der Waals surface area contributed by atoms with Crippen LogP contribution in [-0.2, 0) is 0 Å². The van der Waals surface area contributed by atoms with Gasteiger partial charge in [0.2, 0.25) is 5.89 Å². The molecule has 2 rings (SSSR count). The molecule has 0 saturated heterocycles. The van der Waals surface area contributed by atoms with Gasteiger partial charge in [0, 0.05) is 0 Å². The topological polar surface area (TPSA) is 76.5 Å². The first-order valence-corrected chi connectivity index (χ1v) is 4.34. The maximum absolute atomic E-state index is 10.7. The van der Waals surface area contributed by atoms with Gasteiger partial charge in [0.15, 0.2) is 5.69 Å². The molecule has 5 nitrogen and oxygen atoms in total. The molecule has 0 amide bonds. The van der Waals surface area contributed by atoms with Crippen LogP contribution in [0, 0.1) is 13.8 Å². The van der Waals surface area contributed by atoms with Crippen molar-refractivity contribution in [1.29, 1.82) is 0 Å². The Morgan fingerprint density at radius 2 is 2.20 bits per heavy atom. The van der Waals surface area contributed by atoms with Crippen molar-refractivity contribution < 1.29 is 18.7 Å². The fourth-order valence-electron chi connectivity index (χ4n) is 1.27. The molecule has 0 unspecified atom stereocenters. The van der Waals surface area contributed by atoms with E-state index in [1.54, 1.807) is 19.9 Å². The van der Waals surface area contributed by atoms with Gasteiger partial charge >= 0.3 is 5.97 Å². The Morgan fingerprint density at radius 1 is 1.47 bits per heavy atom. The summed E-state index contributed by atoms with van der Waals surface area (Å²) in [5, 5.41) is 8.79. The summed E-state index contributed by atoms with van der Waals surface area (Å²) in [6, 6.07) is 1.73. The average Bonchev–Trinajstić information content (AvgIpc) is 2.71. The normalized spacial score (nSPS) is 10.5. The van der Waals surface area contributed by atoms with E-state index in [9.17, 15) is 4.79 Å². The predicted molar refractivity (Wildman–Crippen MR) is 50.6 cm³/mol. The van der Waals surface area contributed by atoms with Crippen LogP contribution in [0.1, 0.15) is 22.0 Å². The first-order chi connectivity index (χ1) is 7.08. The lowest BCUT2D eigenvalue weighted by molar-refractivity contribution is 0.0689. The molecule has 5 heteroatoms. The van der Waals surface area contributed by atoms with E-state index in [0.717, 1.165) is 5.76 Å². The lowest BCUT2D eigenvalue weighted by atomic mass is 10.3. The number of hydrogen-bond acceptors (Lipinski definition) is 4. The summed E-state index contributed by atoms with van der Waals surface area (Å²) in [4.78, 5) is 14.6. The maximum Gasteiger partial charge on any atom is 0.358 e. The monoisotopic (exact) mass is 207 g/mol. The van der Waals surface area contributed by atoms with Gasteiger partial charge in [0.1, 0.15) is 17.8 Å². The molecule has 2 heterocycles. The Kier molecular flexibility index (Phi) is 2.07. The van der Waals surface area contributed by atoms with Gasteiger partial charge in [-0.1, -0.05) is 0 Å². The summed E-state index contributed by atoms with van der Waals surface area (Å²) >= 11 is 0. The van der Waals surface area contributed by atoms with Crippen LogP contribution in [0.2, 0.25) is 0 Å². The number of rotatable bonds is 2. The number of carbonyl (C=O) groups is 1. The smallest absolute Gasteiger partial charge is 0.358 e. The molecular weight excluding hydrogens is 198 g/mol. The highest BCUT2D eigenvalue weighted by molar-refractivity contribution is 5.87. The minimum absolute atomic E-state index is 0.0659. The highest BCUT2D eigenvalue weighted by Crippen LogP contribution is 2.23. The predicted octanol–water partition coefficient (Wildman–Crippen LogP) is 2.25. The van der Waals surface area contributed by atoms with E-state index >= 15 is 0 Å². The average molecular weight is 207 g/mol. The van der Waals surface area contributed by atoms with E-state index in [0.29, 0.717) is 5.56 Å². The van der Waals surface area contributed by atoms with Crippen LogP contribution >= 0.6 is 0 Å². The van der Waals surface area contributed by atoms with E-state index in [1.165, 1.54) is 6.26 Å². The van der Waals surface area contributed by atoms with Gasteiger partial charge in [-0.2, -0.15) is 0 Å². The van der Waals surface area contributed by atoms with Gasteiger partial charge < -0.3 is 13.9 Å². The molecule has 0 aliphatic heterocycles. The van der Waals surface area contributed by atoms with Crippen molar-refractivity contribution in [1.82, 2.24) is 4.98 Å². The van der Waals surface area contributed by atoms with Crippen molar-refractivity contribution in [2.45, 2.75) is 13.8 Å². The molecule has 0 radical (unpaired) electrons. The zero-order chi connectivity index (χ0) is 11.0. The highest BCUT2D eigenvalue weighted by Gasteiger charge is 2.17. The number of aromatic carboxylic acids is 1. The summed E-state index contributed by atoms with van der Waals surface area (Å²) in [5.74, 6) is 0.179. The van der Waals surface area contributed by atoms with Gasteiger partial charge in [-0.25, -0.2) is 9.78 Å². The molecule has 0 spiro atoms. The van der Waals surface area contributed by atoms with Crippen LogP contribution < -0.4 is 0 Å². The second-order valence-corrected chi connectivity index (χ2v) is 3.17. The second-order valence-electron chi connectivity index (χ2n) is 3.17. The largest absolute Gasteiger partial charge is 0.476 e. The van der Waals surface area contributed by atoms with Gasteiger partial charge in [-0.3, -0.25) is 0 Å². The number of aryl methyl sites for hydroxylation is 2. The summed E-state index contributed by atoms with van der Waals surface area (Å²) in [6.07, 6.45) is 1.48. The van der Waals surface area contributed by atoms with Gasteiger partial charge in [-0.15, -0.1) is 0 Å². The van der Waals surface area contributed by atoms with Gasteiger partial charge in [-0.05, 0) is 19.9 Å². The van der Waals surface area contributed by atoms with Crippen molar-refractivity contribution >= 4 is 5.97 Å². The molecule has 0 saturated carbocycles. The zero-order valence-electron chi connectivity index (χ0n) is 8.27. The minimum atomic E-state index is -1.09. The third-order valence-corrected chi connectivity index (χ3v) is 1.98. The molecule has 0 aromatic carbocycles. The number of aromatic nitrogens is 1. The van der Waals surface area contributed by atoms with Crippen LogP contribution in [0.25, 0.3) is 11.5 Å². The molecule has 0 bridgehead atoms. The van der Waals surface area contributed by atoms with E-state index in [4.69, 9.17) is 13.9 Å². The van der Waals surface area contributed by atoms with E-state index in [1.807, 2.05) is 0 Å². The highest BCUT2D eigenvalue weighted by atomic mass is 16.4. The molecule has 15 heavy (non-hydrogen) atoms. The van der Waals surface area contributed by atoms with E-state index in [2.05, 4.69) is 4.98 Å². The van der Waals surface area contributed by atoms with Crippen molar-refractivity contribution in [3.63, 3.8) is 0 Å². The summed E-state index contributed by atoms with van der Waals surface area (Å²) < 4.78 is 10.3.